The Morgan fingerprint density at radius 1 is 1.22 bits per heavy atom. The van der Waals surface area contributed by atoms with Gasteiger partial charge in [0, 0.05) is 17.9 Å². The van der Waals surface area contributed by atoms with Crippen molar-refractivity contribution >= 4 is 18.4 Å². The van der Waals surface area contributed by atoms with Gasteiger partial charge in [0.2, 0.25) is 0 Å². The number of carbonyl (C=O) groups is 1. The molecule has 23 heavy (non-hydrogen) atoms. The summed E-state index contributed by atoms with van der Waals surface area (Å²) in [5.74, 6) is 0.155. The number of aromatic nitrogens is 2. The van der Waals surface area contributed by atoms with Gasteiger partial charge in [-0.25, -0.2) is 0 Å². The molecule has 7 heteroatoms. The van der Waals surface area contributed by atoms with Crippen molar-refractivity contribution in [1.82, 2.24) is 15.1 Å². The largest absolute Gasteiger partial charge is 0.498 e. The van der Waals surface area contributed by atoms with Crippen LogP contribution in [0.1, 0.15) is 47.5 Å². The molecular weight excluding hydrogens is 293 g/mol. The van der Waals surface area contributed by atoms with E-state index in [2.05, 4.69) is 10.4 Å². The molecule has 2 fully saturated rings. The lowest BCUT2D eigenvalue weighted by atomic mass is 9.81. The van der Waals surface area contributed by atoms with Crippen molar-refractivity contribution in [2.75, 3.05) is 13.1 Å². The van der Waals surface area contributed by atoms with Crippen molar-refractivity contribution < 1.29 is 14.1 Å². The highest BCUT2D eigenvalue weighted by Crippen LogP contribution is 2.36. The summed E-state index contributed by atoms with van der Waals surface area (Å²) in [7, 11) is -0.445. The van der Waals surface area contributed by atoms with Crippen LogP contribution in [-0.4, -0.2) is 47.0 Å². The van der Waals surface area contributed by atoms with E-state index in [0.29, 0.717) is 0 Å². The summed E-state index contributed by atoms with van der Waals surface area (Å²) in [6.45, 7) is 11.4. The Morgan fingerprint density at radius 3 is 2.30 bits per heavy atom. The highest BCUT2D eigenvalue weighted by atomic mass is 16.7. The molecule has 1 aromatic heterocycles. The van der Waals surface area contributed by atoms with E-state index in [0.717, 1.165) is 31.4 Å². The van der Waals surface area contributed by atoms with Crippen molar-refractivity contribution in [3.63, 3.8) is 0 Å². The average Bonchev–Trinajstić information content (AvgIpc) is 3.03. The molecule has 3 heterocycles. The molecule has 126 valence electrons. The molecule has 0 bridgehead atoms. The van der Waals surface area contributed by atoms with Gasteiger partial charge in [-0.15, -0.1) is 0 Å². The number of carbonyl (C=O) groups excluding carboxylic acids is 1. The van der Waals surface area contributed by atoms with Crippen molar-refractivity contribution in [3.05, 3.63) is 12.4 Å². The molecular formula is C16H26BN3O3. The standard InChI is InChI=1S/C16H26BN3O3/c1-12(21)16(6-8-18-9-7-16)20-11-13(10-19-20)17-22-14(2,3)15(4,5)23-17/h10-11,18H,6-9H2,1-5H3. The van der Waals surface area contributed by atoms with E-state index in [9.17, 15) is 4.79 Å². The van der Waals surface area contributed by atoms with Crippen LogP contribution in [0.3, 0.4) is 0 Å². The van der Waals surface area contributed by atoms with Crippen LogP contribution in [0.15, 0.2) is 12.4 Å². The summed E-state index contributed by atoms with van der Waals surface area (Å²) in [5, 5.41) is 7.79. The van der Waals surface area contributed by atoms with Crippen LogP contribution in [0.25, 0.3) is 0 Å². The molecule has 2 aliphatic rings. The number of nitrogens with zero attached hydrogens (tertiary/aromatic N) is 2. The van der Waals surface area contributed by atoms with Crippen LogP contribution >= 0.6 is 0 Å². The van der Waals surface area contributed by atoms with E-state index in [1.54, 1.807) is 13.1 Å². The summed E-state index contributed by atoms with van der Waals surface area (Å²) in [6.07, 6.45) is 5.18. The Balaban J connectivity index is 1.88. The zero-order valence-electron chi connectivity index (χ0n) is 14.7. The number of hydrogen-bond acceptors (Lipinski definition) is 5. The van der Waals surface area contributed by atoms with Crippen LogP contribution < -0.4 is 10.8 Å². The first kappa shape index (κ1) is 16.7. The fraction of sp³-hybridized carbons (Fsp3) is 0.750. The SMILES string of the molecule is CC(=O)C1(n2cc(B3OC(C)(C)C(C)(C)O3)cn2)CCNCC1. The Morgan fingerprint density at radius 2 is 1.78 bits per heavy atom. The van der Waals surface area contributed by atoms with Crippen molar-refractivity contribution in [3.8, 4) is 0 Å². The van der Waals surface area contributed by atoms with Gasteiger partial charge in [-0.3, -0.25) is 9.48 Å². The maximum Gasteiger partial charge on any atom is 0.498 e. The molecule has 1 N–H and O–H groups in total. The molecule has 0 atom stereocenters. The van der Waals surface area contributed by atoms with E-state index in [1.165, 1.54) is 0 Å². The third-order valence-corrected chi connectivity index (χ3v) is 5.65. The van der Waals surface area contributed by atoms with Gasteiger partial charge < -0.3 is 14.6 Å². The Bertz CT molecular complexity index is 589. The monoisotopic (exact) mass is 319 g/mol. The highest BCUT2D eigenvalue weighted by molar-refractivity contribution is 6.62. The second-order valence-electron chi connectivity index (χ2n) is 7.64. The minimum Gasteiger partial charge on any atom is -0.399 e. The molecule has 0 radical (unpaired) electrons. The van der Waals surface area contributed by atoms with Crippen LogP contribution in [0.2, 0.25) is 0 Å². The molecule has 0 saturated carbocycles. The van der Waals surface area contributed by atoms with E-state index in [1.807, 2.05) is 38.6 Å². The summed E-state index contributed by atoms with van der Waals surface area (Å²) in [4.78, 5) is 12.3. The van der Waals surface area contributed by atoms with E-state index in [-0.39, 0.29) is 17.0 Å². The average molecular weight is 319 g/mol. The third kappa shape index (κ3) is 2.64. The number of nitrogens with one attached hydrogen (secondary N) is 1. The van der Waals surface area contributed by atoms with Gasteiger partial charge in [0.1, 0.15) is 5.54 Å². The number of rotatable bonds is 3. The van der Waals surface area contributed by atoms with Gasteiger partial charge in [0.25, 0.3) is 0 Å². The quantitative estimate of drug-likeness (QED) is 0.837. The summed E-state index contributed by atoms with van der Waals surface area (Å²) in [6, 6.07) is 0. The Hall–Kier alpha value is -1.18. The lowest BCUT2D eigenvalue weighted by Crippen LogP contribution is -2.49. The highest BCUT2D eigenvalue weighted by Gasteiger charge is 2.52. The van der Waals surface area contributed by atoms with Crippen molar-refractivity contribution in [1.29, 1.82) is 0 Å². The molecule has 0 unspecified atom stereocenters. The molecule has 0 amide bonds. The lowest BCUT2D eigenvalue weighted by Gasteiger charge is -2.35. The number of piperidine rings is 1. The van der Waals surface area contributed by atoms with Crippen molar-refractivity contribution in [2.45, 2.75) is 64.2 Å². The first-order chi connectivity index (χ1) is 10.7. The molecule has 0 aliphatic carbocycles. The predicted molar refractivity (Wildman–Crippen MR) is 88.7 cm³/mol. The molecule has 2 saturated heterocycles. The van der Waals surface area contributed by atoms with E-state index < -0.39 is 12.7 Å². The van der Waals surface area contributed by atoms with Crippen LogP contribution in [0.4, 0.5) is 0 Å². The van der Waals surface area contributed by atoms with Crippen LogP contribution in [-0.2, 0) is 19.6 Å². The fourth-order valence-electron chi connectivity index (χ4n) is 3.25. The molecule has 0 spiro atoms. The number of ketones is 1. The molecule has 6 nitrogen and oxygen atoms in total. The van der Waals surface area contributed by atoms with Gasteiger partial charge in [0.05, 0.1) is 11.2 Å². The first-order valence-corrected chi connectivity index (χ1v) is 8.30. The number of hydrogen-bond donors (Lipinski definition) is 1. The van der Waals surface area contributed by atoms with Gasteiger partial charge in [-0.05, 0) is 60.5 Å². The summed E-state index contributed by atoms with van der Waals surface area (Å²) < 4.78 is 14.0. The van der Waals surface area contributed by atoms with Gasteiger partial charge in [-0.1, -0.05) is 0 Å². The maximum atomic E-state index is 12.3. The van der Waals surface area contributed by atoms with E-state index >= 15 is 0 Å². The molecule has 3 rings (SSSR count). The molecule has 1 aromatic rings. The normalized spacial score (nSPS) is 25.5. The number of Topliss-reactive ketones (excluding diaryl/α,β-unsaturated/α-hetero) is 1. The predicted octanol–water partition coefficient (Wildman–Crippen LogP) is 0.850. The molecule has 0 aromatic carbocycles. The topological polar surface area (TPSA) is 65.4 Å². The van der Waals surface area contributed by atoms with E-state index in [4.69, 9.17) is 9.31 Å². The lowest BCUT2D eigenvalue weighted by molar-refractivity contribution is -0.127. The molecule has 2 aliphatic heterocycles. The minimum absolute atomic E-state index is 0.155. The second-order valence-corrected chi connectivity index (χ2v) is 7.64. The smallest absolute Gasteiger partial charge is 0.399 e. The van der Waals surface area contributed by atoms with Gasteiger partial charge in [0.15, 0.2) is 5.78 Å². The van der Waals surface area contributed by atoms with Gasteiger partial charge in [-0.2, -0.15) is 5.10 Å². The maximum absolute atomic E-state index is 12.3. The summed E-state index contributed by atoms with van der Waals surface area (Å²) in [5.41, 5.74) is -0.449. The van der Waals surface area contributed by atoms with Crippen LogP contribution in [0.5, 0.6) is 0 Å². The van der Waals surface area contributed by atoms with Crippen LogP contribution in [0, 0.1) is 0 Å². The zero-order valence-corrected chi connectivity index (χ0v) is 14.7. The minimum atomic E-state index is -0.548. The Kier molecular flexibility index (Phi) is 3.94. The van der Waals surface area contributed by atoms with Crippen molar-refractivity contribution in [2.24, 2.45) is 0 Å². The second kappa shape index (κ2) is 5.43. The summed E-state index contributed by atoms with van der Waals surface area (Å²) >= 11 is 0. The third-order valence-electron chi connectivity index (χ3n) is 5.65. The first-order valence-electron chi connectivity index (χ1n) is 8.30. The van der Waals surface area contributed by atoms with Gasteiger partial charge >= 0.3 is 7.12 Å². The zero-order chi connectivity index (χ0) is 16.9. The Labute approximate surface area is 138 Å². The fourth-order valence-corrected chi connectivity index (χ4v) is 3.25.